The van der Waals surface area contributed by atoms with Crippen LogP contribution < -0.4 is 14.4 Å². The Kier molecular flexibility index (Phi) is 4.88. The zero-order chi connectivity index (χ0) is 14.6. The van der Waals surface area contributed by atoms with E-state index in [2.05, 4.69) is 9.62 Å². The van der Waals surface area contributed by atoms with Crippen molar-refractivity contribution in [2.75, 3.05) is 30.9 Å². The number of piperidine rings is 1. The molecule has 1 atom stereocenters. The number of methoxy groups -OCH3 is 1. The first-order valence-corrected chi connectivity index (χ1v) is 8.59. The van der Waals surface area contributed by atoms with E-state index in [9.17, 15) is 8.42 Å². The molecule has 1 aliphatic rings. The molecular weight excluding hydrogens is 276 g/mol. The molecule has 0 radical (unpaired) electrons. The van der Waals surface area contributed by atoms with Crippen LogP contribution in [0.4, 0.5) is 5.69 Å². The summed E-state index contributed by atoms with van der Waals surface area (Å²) in [4.78, 5) is 2.19. The number of hydrogen-bond donors (Lipinski definition) is 1. The van der Waals surface area contributed by atoms with Crippen molar-refractivity contribution in [2.45, 2.75) is 25.8 Å². The van der Waals surface area contributed by atoms with Gasteiger partial charge in [-0.05, 0) is 31.9 Å². The second-order valence-electron chi connectivity index (χ2n) is 4.98. The summed E-state index contributed by atoms with van der Waals surface area (Å²) in [7, 11) is -1.50. The smallest absolute Gasteiger partial charge is 0.211 e. The molecule has 1 aliphatic heterocycles. The minimum atomic E-state index is -3.15. The highest BCUT2D eigenvalue weighted by Gasteiger charge is 2.24. The van der Waals surface area contributed by atoms with Gasteiger partial charge in [-0.2, -0.15) is 0 Å². The standard InChI is InChI=1S/C14H22N2O3S/c1-3-20(17,18)15-12-7-6-10-16(11-12)13-8-4-5-9-14(13)19-2/h4-5,8-9,12,15H,3,6-7,10-11H2,1-2H3. The third-order valence-electron chi connectivity index (χ3n) is 3.57. The Morgan fingerprint density at radius 2 is 2.15 bits per heavy atom. The molecule has 1 heterocycles. The van der Waals surface area contributed by atoms with E-state index < -0.39 is 10.0 Å². The number of anilines is 1. The number of hydrogen-bond acceptors (Lipinski definition) is 4. The quantitative estimate of drug-likeness (QED) is 0.897. The van der Waals surface area contributed by atoms with Crippen LogP contribution in [0.1, 0.15) is 19.8 Å². The molecule has 1 unspecified atom stereocenters. The highest BCUT2D eigenvalue weighted by molar-refractivity contribution is 7.89. The van der Waals surface area contributed by atoms with Crippen LogP contribution in [0.25, 0.3) is 0 Å². The summed E-state index contributed by atoms with van der Waals surface area (Å²) in [6.45, 7) is 3.26. The predicted octanol–water partition coefficient (Wildman–Crippen LogP) is 1.60. The van der Waals surface area contributed by atoms with Crippen molar-refractivity contribution >= 4 is 15.7 Å². The molecule has 0 bridgehead atoms. The summed E-state index contributed by atoms with van der Waals surface area (Å²) in [5.41, 5.74) is 1.02. The molecule has 0 saturated carbocycles. The van der Waals surface area contributed by atoms with Crippen LogP contribution in [0, 0.1) is 0 Å². The number of nitrogens with zero attached hydrogens (tertiary/aromatic N) is 1. The van der Waals surface area contributed by atoms with E-state index in [-0.39, 0.29) is 11.8 Å². The van der Waals surface area contributed by atoms with Crippen molar-refractivity contribution in [1.82, 2.24) is 4.72 Å². The monoisotopic (exact) mass is 298 g/mol. The average Bonchev–Trinajstić information content (AvgIpc) is 2.47. The van der Waals surface area contributed by atoms with Crippen molar-refractivity contribution in [3.8, 4) is 5.75 Å². The van der Waals surface area contributed by atoms with Crippen LogP contribution in [-0.4, -0.2) is 40.4 Å². The Balaban J connectivity index is 2.11. The first kappa shape index (κ1) is 15.1. The maximum Gasteiger partial charge on any atom is 0.211 e. The van der Waals surface area contributed by atoms with Gasteiger partial charge in [-0.15, -0.1) is 0 Å². The van der Waals surface area contributed by atoms with E-state index in [1.54, 1.807) is 14.0 Å². The molecule has 1 N–H and O–H groups in total. The molecule has 0 amide bonds. The SMILES string of the molecule is CCS(=O)(=O)NC1CCCN(c2ccccc2OC)C1. The van der Waals surface area contributed by atoms with Gasteiger partial charge >= 0.3 is 0 Å². The van der Waals surface area contributed by atoms with Crippen molar-refractivity contribution in [3.63, 3.8) is 0 Å². The molecule has 6 heteroatoms. The highest BCUT2D eigenvalue weighted by Crippen LogP contribution is 2.29. The Hall–Kier alpha value is -1.27. The van der Waals surface area contributed by atoms with Gasteiger partial charge in [-0.1, -0.05) is 12.1 Å². The third kappa shape index (κ3) is 3.64. The molecule has 0 spiro atoms. The number of rotatable bonds is 5. The van der Waals surface area contributed by atoms with E-state index in [0.29, 0.717) is 6.54 Å². The molecule has 1 fully saturated rings. The lowest BCUT2D eigenvalue weighted by atomic mass is 10.1. The van der Waals surface area contributed by atoms with E-state index >= 15 is 0 Å². The van der Waals surface area contributed by atoms with E-state index in [1.165, 1.54) is 0 Å². The number of para-hydroxylation sites is 2. The van der Waals surface area contributed by atoms with Gasteiger partial charge in [0.25, 0.3) is 0 Å². The fourth-order valence-electron chi connectivity index (χ4n) is 2.52. The topological polar surface area (TPSA) is 58.6 Å². The summed E-state index contributed by atoms with van der Waals surface area (Å²) in [6.07, 6.45) is 1.85. The van der Waals surface area contributed by atoms with Crippen molar-refractivity contribution in [3.05, 3.63) is 24.3 Å². The predicted molar refractivity (Wildman–Crippen MR) is 80.8 cm³/mol. The van der Waals surface area contributed by atoms with E-state index in [0.717, 1.165) is 30.8 Å². The second-order valence-corrected chi connectivity index (χ2v) is 7.02. The van der Waals surface area contributed by atoms with Crippen molar-refractivity contribution < 1.29 is 13.2 Å². The van der Waals surface area contributed by atoms with Crippen LogP contribution in [-0.2, 0) is 10.0 Å². The molecular formula is C14H22N2O3S. The molecule has 0 aliphatic carbocycles. The minimum absolute atomic E-state index is 0.0291. The van der Waals surface area contributed by atoms with Gasteiger partial charge in [-0.3, -0.25) is 0 Å². The summed E-state index contributed by atoms with van der Waals surface area (Å²) in [5, 5.41) is 0. The van der Waals surface area contributed by atoms with Crippen LogP contribution >= 0.6 is 0 Å². The van der Waals surface area contributed by atoms with Crippen molar-refractivity contribution in [2.24, 2.45) is 0 Å². The van der Waals surface area contributed by atoms with Gasteiger partial charge in [0.15, 0.2) is 0 Å². The molecule has 1 saturated heterocycles. The van der Waals surface area contributed by atoms with Gasteiger partial charge < -0.3 is 9.64 Å². The lowest BCUT2D eigenvalue weighted by Crippen LogP contribution is -2.48. The van der Waals surface area contributed by atoms with Crippen LogP contribution in [0.3, 0.4) is 0 Å². The Morgan fingerprint density at radius 3 is 2.85 bits per heavy atom. The minimum Gasteiger partial charge on any atom is -0.495 e. The lowest BCUT2D eigenvalue weighted by Gasteiger charge is -2.35. The zero-order valence-corrected chi connectivity index (χ0v) is 12.8. The second kappa shape index (κ2) is 6.45. The Bertz CT molecular complexity index is 545. The van der Waals surface area contributed by atoms with Gasteiger partial charge in [-0.25, -0.2) is 13.1 Å². The fourth-order valence-corrected chi connectivity index (χ4v) is 3.39. The molecule has 112 valence electrons. The number of ether oxygens (including phenoxy) is 1. The van der Waals surface area contributed by atoms with Crippen LogP contribution in [0.15, 0.2) is 24.3 Å². The Labute approximate surface area is 121 Å². The molecule has 1 aromatic carbocycles. The lowest BCUT2D eigenvalue weighted by molar-refractivity contribution is 0.409. The number of nitrogens with one attached hydrogen (secondary N) is 1. The van der Waals surface area contributed by atoms with Crippen LogP contribution in [0.2, 0.25) is 0 Å². The number of benzene rings is 1. The summed E-state index contributed by atoms with van der Waals surface area (Å²) >= 11 is 0. The van der Waals surface area contributed by atoms with Crippen LogP contribution in [0.5, 0.6) is 5.75 Å². The van der Waals surface area contributed by atoms with Crippen molar-refractivity contribution in [1.29, 1.82) is 0 Å². The highest BCUT2D eigenvalue weighted by atomic mass is 32.2. The summed E-state index contributed by atoms with van der Waals surface area (Å²) < 4.78 is 31.5. The Morgan fingerprint density at radius 1 is 1.40 bits per heavy atom. The van der Waals surface area contributed by atoms with Gasteiger partial charge in [0.2, 0.25) is 10.0 Å². The first-order valence-electron chi connectivity index (χ1n) is 6.93. The maximum atomic E-state index is 11.7. The van der Waals surface area contributed by atoms with Gasteiger partial charge in [0, 0.05) is 19.1 Å². The number of sulfonamides is 1. The molecule has 5 nitrogen and oxygen atoms in total. The largest absolute Gasteiger partial charge is 0.495 e. The molecule has 2 rings (SSSR count). The fraction of sp³-hybridized carbons (Fsp3) is 0.571. The third-order valence-corrected chi connectivity index (χ3v) is 5.03. The van der Waals surface area contributed by atoms with E-state index in [1.807, 2.05) is 24.3 Å². The summed E-state index contributed by atoms with van der Waals surface area (Å²) in [5.74, 6) is 0.949. The zero-order valence-electron chi connectivity index (χ0n) is 12.0. The maximum absolute atomic E-state index is 11.7. The van der Waals surface area contributed by atoms with Gasteiger partial charge in [0.05, 0.1) is 18.6 Å². The van der Waals surface area contributed by atoms with Gasteiger partial charge in [0.1, 0.15) is 5.75 Å². The van der Waals surface area contributed by atoms with E-state index in [4.69, 9.17) is 4.74 Å². The summed E-state index contributed by atoms with van der Waals surface area (Å²) in [6, 6.07) is 7.81. The molecule has 0 aromatic heterocycles. The normalized spacial score (nSPS) is 19.9. The molecule has 20 heavy (non-hydrogen) atoms. The first-order chi connectivity index (χ1) is 9.55. The molecule has 1 aromatic rings. The average molecular weight is 298 g/mol.